The van der Waals surface area contributed by atoms with Crippen molar-refractivity contribution in [2.24, 2.45) is 7.05 Å². The molecule has 8 heteroatoms. The van der Waals surface area contributed by atoms with Crippen LogP contribution in [0, 0.1) is 6.92 Å². The van der Waals surface area contributed by atoms with Gasteiger partial charge in [0.05, 0.1) is 28.5 Å². The van der Waals surface area contributed by atoms with Gasteiger partial charge in [0.2, 0.25) is 0 Å². The summed E-state index contributed by atoms with van der Waals surface area (Å²) in [6.07, 6.45) is 3.77. The molecule has 0 saturated carbocycles. The minimum Gasteiger partial charge on any atom is -0.388 e. The third kappa shape index (κ3) is 3.79. The zero-order chi connectivity index (χ0) is 20.6. The molecule has 2 heterocycles. The number of imidazole rings is 1. The molecule has 2 N–H and O–H groups in total. The van der Waals surface area contributed by atoms with Gasteiger partial charge in [0, 0.05) is 17.7 Å². The van der Waals surface area contributed by atoms with Gasteiger partial charge < -0.3 is 15.0 Å². The third-order valence-corrected chi connectivity index (χ3v) is 5.49. The van der Waals surface area contributed by atoms with Gasteiger partial charge in [-0.05, 0) is 44.9 Å². The van der Waals surface area contributed by atoms with E-state index < -0.39 is 17.6 Å². The molecule has 0 aliphatic rings. The second kappa shape index (κ2) is 7.60. The zero-order valence-electron chi connectivity index (χ0n) is 16.6. The van der Waals surface area contributed by atoms with Crippen LogP contribution in [0.4, 0.5) is 0 Å². The summed E-state index contributed by atoms with van der Waals surface area (Å²) in [6.45, 7) is 7.17. The number of aromatic nitrogens is 4. The Hall–Kier alpha value is -2.32. The Morgan fingerprint density at radius 1 is 1.32 bits per heavy atom. The van der Waals surface area contributed by atoms with E-state index in [1.807, 2.05) is 23.7 Å². The van der Waals surface area contributed by atoms with Crippen molar-refractivity contribution >= 4 is 32.9 Å². The minimum atomic E-state index is -1.24. The van der Waals surface area contributed by atoms with Gasteiger partial charge in [0.1, 0.15) is 17.6 Å². The fraction of sp³-hybridized carbons (Fsp3) is 0.400. The molecule has 0 aliphatic carbocycles. The van der Waals surface area contributed by atoms with E-state index in [2.05, 4.69) is 38.1 Å². The van der Waals surface area contributed by atoms with Crippen LogP contribution in [0.1, 0.15) is 54.4 Å². The van der Waals surface area contributed by atoms with E-state index >= 15 is 0 Å². The quantitative estimate of drug-likeness (QED) is 0.628. The van der Waals surface area contributed by atoms with Crippen LogP contribution < -0.4 is 5.32 Å². The summed E-state index contributed by atoms with van der Waals surface area (Å²) in [5.74, 6) is 0.160. The summed E-state index contributed by atoms with van der Waals surface area (Å²) in [7, 11) is 1.88. The molecule has 0 fully saturated rings. The van der Waals surface area contributed by atoms with E-state index in [4.69, 9.17) is 4.98 Å². The first-order valence-electron chi connectivity index (χ1n) is 9.09. The lowest BCUT2D eigenvalue weighted by atomic mass is 9.98. The molecule has 0 aliphatic heterocycles. The standard InChI is InChI=1S/C20H24BrN5O2/c1-6-12-13(21)7-8-15-16(12)24-18(26(15)5)17(20(3,4)28)25-19(27)14-10-22-11(2)9-23-14/h7-10,17,28H,6H2,1-5H3,(H,25,27)/t17-/m1/s1. The van der Waals surface area contributed by atoms with Gasteiger partial charge >= 0.3 is 0 Å². The van der Waals surface area contributed by atoms with Gasteiger partial charge in [0.15, 0.2) is 0 Å². The number of nitrogens with one attached hydrogen (secondary N) is 1. The molecular formula is C20H24BrN5O2. The van der Waals surface area contributed by atoms with Gasteiger partial charge in [-0.3, -0.25) is 9.78 Å². The molecule has 0 unspecified atom stereocenters. The van der Waals surface area contributed by atoms with Crippen molar-refractivity contribution in [2.45, 2.75) is 45.8 Å². The molecule has 3 aromatic rings. The van der Waals surface area contributed by atoms with E-state index in [-0.39, 0.29) is 5.69 Å². The van der Waals surface area contributed by atoms with E-state index in [1.54, 1.807) is 20.8 Å². The lowest BCUT2D eigenvalue weighted by molar-refractivity contribution is 0.0307. The molecule has 148 valence electrons. The Balaban J connectivity index is 2.06. The van der Waals surface area contributed by atoms with E-state index in [0.717, 1.165) is 33.2 Å². The predicted molar refractivity (Wildman–Crippen MR) is 111 cm³/mol. The smallest absolute Gasteiger partial charge is 0.272 e. The van der Waals surface area contributed by atoms with Crippen LogP contribution in [0.25, 0.3) is 11.0 Å². The van der Waals surface area contributed by atoms with Crippen LogP contribution in [0.2, 0.25) is 0 Å². The number of benzene rings is 1. The summed E-state index contributed by atoms with van der Waals surface area (Å²) >= 11 is 3.58. The van der Waals surface area contributed by atoms with Crippen LogP contribution in [0.5, 0.6) is 0 Å². The van der Waals surface area contributed by atoms with Crippen LogP contribution in [0.3, 0.4) is 0 Å². The largest absolute Gasteiger partial charge is 0.388 e. The number of halogens is 1. The average Bonchev–Trinajstić information content (AvgIpc) is 2.95. The number of aryl methyl sites for hydroxylation is 3. The van der Waals surface area contributed by atoms with Crippen molar-refractivity contribution in [1.82, 2.24) is 24.8 Å². The van der Waals surface area contributed by atoms with Crippen molar-refractivity contribution in [3.63, 3.8) is 0 Å². The molecule has 0 radical (unpaired) electrons. The Morgan fingerprint density at radius 2 is 2.04 bits per heavy atom. The number of fused-ring (bicyclic) bond motifs is 1. The summed E-state index contributed by atoms with van der Waals surface area (Å²) in [6, 6.07) is 3.24. The number of hydrogen-bond donors (Lipinski definition) is 2. The molecule has 2 aromatic heterocycles. The lowest BCUT2D eigenvalue weighted by Gasteiger charge is -2.29. The Morgan fingerprint density at radius 3 is 2.61 bits per heavy atom. The van der Waals surface area contributed by atoms with E-state index in [9.17, 15) is 9.90 Å². The molecule has 3 rings (SSSR count). The molecule has 1 amide bonds. The summed E-state index contributed by atoms with van der Waals surface area (Å²) in [4.78, 5) is 25.8. The topological polar surface area (TPSA) is 92.9 Å². The second-order valence-electron chi connectivity index (χ2n) is 7.38. The zero-order valence-corrected chi connectivity index (χ0v) is 18.2. The first-order valence-corrected chi connectivity index (χ1v) is 9.88. The normalized spacial score (nSPS) is 13.0. The fourth-order valence-electron chi connectivity index (χ4n) is 3.17. The van der Waals surface area contributed by atoms with Crippen LogP contribution >= 0.6 is 15.9 Å². The highest BCUT2D eigenvalue weighted by atomic mass is 79.9. The van der Waals surface area contributed by atoms with Gasteiger partial charge in [0.25, 0.3) is 5.91 Å². The first-order chi connectivity index (χ1) is 13.1. The van der Waals surface area contributed by atoms with E-state index in [1.165, 1.54) is 12.4 Å². The maximum Gasteiger partial charge on any atom is 0.272 e. The van der Waals surface area contributed by atoms with Crippen LogP contribution in [0.15, 0.2) is 29.0 Å². The molecule has 1 atom stereocenters. The molecule has 0 bridgehead atoms. The molecular weight excluding hydrogens is 422 g/mol. The van der Waals surface area contributed by atoms with Gasteiger partial charge in [-0.15, -0.1) is 0 Å². The fourth-order valence-corrected chi connectivity index (χ4v) is 3.77. The number of carbonyl (C=O) groups is 1. The van der Waals surface area contributed by atoms with Crippen molar-refractivity contribution < 1.29 is 9.90 Å². The summed E-state index contributed by atoms with van der Waals surface area (Å²) < 4.78 is 2.90. The molecule has 0 saturated heterocycles. The van der Waals surface area contributed by atoms with Crippen molar-refractivity contribution in [2.75, 3.05) is 0 Å². The predicted octanol–water partition coefficient (Wildman–Crippen LogP) is 3.24. The van der Waals surface area contributed by atoms with Gasteiger partial charge in [-0.2, -0.15) is 0 Å². The second-order valence-corrected chi connectivity index (χ2v) is 8.23. The summed E-state index contributed by atoms with van der Waals surface area (Å²) in [5.41, 5.74) is 2.55. The van der Waals surface area contributed by atoms with Crippen molar-refractivity contribution in [3.8, 4) is 0 Å². The number of hydrogen-bond acceptors (Lipinski definition) is 5. The number of aliphatic hydroxyl groups is 1. The number of nitrogens with zero attached hydrogens (tertiary/aromatic N) is 4. The Bertz CT molecular complexity index is 1020. The van der Waals surface area contributed by atoms with Crippen molar-refractivity contribution in [1.29, 1.82) is 0 Å². The van der Waals surface area contributed by atoms with Gasteiger partial charge in [-0.25, -0.2) is 9.97 Å². The maximum atomic E-state index is 12.7. The monoisotopic (exact) mass is 445 g/mol. The maximum absolute atomic E-state index is 12.7. The molecule has 28 heavy (non-hydrogen) atoms. The number of carbonyl (C=O) groups excluding carboxylic acids is 1. The lowest BCUT2D eigenvalue weighted by Crippen LogP contribution is -2.43. The molecule has 7 nitrogen and oxygen atoms in total. The van der Waals surface area contributed by atoms with Crippen molar-refractivity contribution in [3.05, 3.63) is 51.8 Å². The van der Waals surface area contributed by atoms with E-state index in [0.29, 0.717) is 5.82 Å². The van der Waals surface area contributed by atoms with Crippen LogP contribution in [-0.2, 0) is 13.5 Å². The highest BCUT2D eigenvalue weighted by molar-refractivity contribution is 9.10. The molecule has 1 aromatic carbocycles. The first kappa shape index (κ1) is 20.4. The Kier molecular flexibility index (Phi) is 5.54. The highest BCUT2D eigenvalue weighted by Crippen LogP contribution is 2.32. The SMILES string of the molecule is CCc1c(Br)ccc2c1nc([C@@H](NC(=O)c1cnc(C)cn1)C(C)(C)O)n2C. The molecule has 0 spiro atoms. The minimum absolute atomic E-state index is 0.190. The third-order valence-electron chi connectivity index (χ3n) is 4.74. The average molecular weight is 446 g/mol. The van der Waals surface area contributed by atoms with Crippen LogP contribution in [-0.4, -0.2) is 36.1 Å². The summed E-state index contributed by atoms with van der Waals surface area (Å²) in [5, 5.41) is 13.7. The number of amides is 1. The Labute approximate surface area is 172 Å². The number of rotatable bonds is 5. The van der Waals surface area contributed by atoms with Gasteiger partial charge in [-0.1, -0.05) is 22.9 Å². The highest BCUT2D eigenvalue weighted by Gasteiger charge is 2.34.